The second kappa shape index (κ2) is 15.4. The van der Waals surface area contributed by atoms with Crippen molar-refractivity contribution in [3.8, 4) is 0 Å². The molecule has 0 spiro atoms. The maximum absolute atomic E-state index is 13.1. The molecular formula is C31H42N4O7. The third-order valence-electron chi connectivity index (χ3n) is 8.36. The van der Waals surface area contributed by atoms with Gasteiger partial charge in [0.05, 0.1) is 13.1 Å². The summed E-state index contributed by atoms with van der Waals surface area (Å²) in [6, 6.07) is 7.01. The van der Waals surface area contributed by atoms with E-state index in [0.29, 0.717) is 18.4 Å². The predicted molar refractivity (Wildman–Crippen MR) is 155 cm³/mol. The molecular weight excluding hydrogens is 540 g/mol. The molecule has 0 saturated heterocycles. The molecule has 5 N–H and O–H groups in total. The van der Waals surface area contributed by atoms with Crippen LogP contribution in [0.4, 0.5) is 0 Å². The van der Waals surface area contributed by atoms with E-state index in [-0.39, 0.29) is 17.6 Å². The molecule has 11 nitrogen and oxygen atoms in total. The van der Waals surface area contributed by atoms with Gasteiger partial charge in [0.2, 0.25) is 17.7 Å². The quantitative estimate of drug-likeness (QED) is 0.242. The number of amides is 4. The number of hydrogen-bond acceptors (Lipinski definition) is 6. The zero-order valence-electron chi connectivity index (χ0n) is 24.0. The topological polar surface area (TPSA) is 167 Å². The van der Waals surface area contributed by atoms with E-state index in [0.717, 1.165) is 69.6 Å². The lowest BCUT2D eigenvalue weighted by molar-refractivity contribution is -0.142. The van der Waals surface area contributed by atoms with Gasteiger partial charge < -0.3 is 30.8 Å². The molecule has 2 saturated carbocycles. The first-order chi connectivity index (χ1) is 20.3. The Kier molecular flexibility index (Phi) is 11.4. The lowest BCUT2D eigenvalue weighted by Gasteiger charge is -2.26. The molecule has 42 heavy (non-hydrogen) atoms. The summed E-state index contributed by atoms with van der Waals surface area (Å²) in [5.74, 6) is -2.67. The molecule has 0 bridgehead atoms. The summed E-state index contributed by atoms with van der Waals surface area (Å²) in [7, 11) is 0. The van der Waals surface area contributed by atoms with Gasteiger partial charge in [0.25, 0.3) is 5.91 Å². The van der Waals surface area contributed by atoms with Crippen molar-refractivity contribution >= 4 is 40.6 Å². The van der Waals surface area contributed by atoms with Crippen molar-refractivity contribution < 1.29 is 33.5 Å². The fourth-order valence-electron chi connectivity index (χ4n) is 6.07. The number of nitrogens with one attached hydrogen (secondary N) is 4. The van der Waals surface area contributed by atoms with Crippen LogP contribution in [0.15, 0.2) is 34.7 Å². The molecule has 2 fully saturated rings. The van der Waals surface area contributed by atoms with Crippen LogP contribution in [0.1, 0.15) is 87.6 Å². The van der Waals surface area contributed by atoms with Crippen molar-refractivity contribution in [1.82, 2.24) is 21.3 Å². The highest BCUT2D eigenvalue weighted by molar-refractivity contribution is 5.99. The van der Waals surface area contributed by atoms with Crippen LogP contribution in [0.25, 0.3) is 11.0 Å². The third kappa shape index (κ3) is 9.32. The Bertz CT molecular complexity index is 1210. The van der Waals surface area contributed by atoms with E-state index in [9.17, 15) is 29.1 Å². The van der Waals surface area contributed by atoms with Gasteiger partial charge in [0.15, 0.2) is 5.76 Å². The molecule has 228 valence electrons. The second-order valence-corrected chi connectivity index (χ2v) is 11.6. The van der Waals surface area contributed by atoms with Gasteiger partial charge in [-0.05, 0) is 36.8 Å². The Morgan fingerprint density at radius 2 is 1.36 bits per heavy atom. The van der Waals surface area contributed by atoms with Crippen LogP contribution in [-0.2, 0) is 19.2 Å². The van der Waals surface area contributed by atoms with Crippen LogP contribution in [-0.4, -0.2) is 59.9 Å². The molecule has 0 unspecified atom stereocenters. The lowest BCUT2D eigenvalue weighted by atomic mass is 9.84. The molecule has 4 amide bonds. The number of carbonyl (C=O) groups excluding carboxylic acids is 4. The van der Waals surface area contributed by atoms with Crippen LogP contribution in [0.5, 0.6) is 0 Å². The largest absolute Gasteiger partial charge is 0.480 e. The minimum absolute atomic E-state index is 0.101. The summed E-state index contributed by atoms with van der Waals surface area (Å²) >= 11 is 0. The van der Waals surface area contributed by atoms with Crippen LogP contribution in [0, 0.1) is 11.8 Å². The fourth-order valence-corrected chi connectivity index (χ4v) is 6.07. The third-order valence-corrected chi connectivity index (χ3v) is 8.36. The van der Waals surface area contributed by atoms with Gasteiger partial charge in [-0.25, -0.2) is 4.79 Å². The zero-order valence-corrected chi connectivity index (χ0v) is 24.0. The molecule has 1 heterocycles. The van der Waals surface area contributed by atoms with Gasteiger partial charge in [0.1, 0.15) is 17.7 Å². The highest BCUT2D eigenvalue weighted by Crippen LogP contribution is 2.28. The van der Waals surface area contributed by atoms with Crippen molar-refractivity contribution in [1.29, 1.82) is 0 Å². The molecule has 2 aliphatic rings. The molecule has 11 heteroatoms. The molecule has 2 aromatic rings. The molecule has 2 atom stereocenters. The smallest absolute Gasteiger partial charge is 0.326 e. The van der Waals surface area contributed by atoms with E-state index in [1.54, 1.807) is 12.1 Å². The average Bonchev–Trinajstić information content (AvgIpc) is 3.44. The second-order valence-electron chi connectivity index (χ2n) is 11.6. The van der Waals surface area contributed by atoms with Gasteiger partial charge in [-0.1, -0.05) is 82.4 Å². The van der Waals surface area contributed by atoms with Gasteiger partial charge in [-0.2, -0.15) is 0 Å². The number of carbonyl (C=O) groups is 5. The summed E-state index contributed by atoms with van der Waals surface area (Å²) in [6.45, 7) is -0.796. The highest BCUT2D eigenvalue weighted by Gasteiger charge is 2.28. The summed E-state index contributed by atoms with van der Waals surface area (Å²) in [5, 5.41) is 20.6. The number of furan rings is 1. The van der Waals surface area contributed by atoms with Crippen LogP contribution in [0.2, 0.25) is 0 Å². The Labute approximate surface area is 245 Å². The summed E-state index contributed by atoms with van der Waals surface area (Å²) in [6.07, 6.45) is 11.2. The van der Waals surface area contributed by atoms with Crippen molar-refractivity contribution in [3.63, 3.8) is 0 Å². The SMILES string of the molecule is O=C(CNC(=O)[C@H](CC1CCCCC1)NC(=O)c1cc2ccccc2o1)NCC(=O)N[C@@H](CC1CCCCC1)C(=O)O. The first-order valence-electron chi connectivity index (χ1n) is 15.1. The highest BCUT2D eigenvalue weighted by atomic mass is 16.4. The lowest BCUT2D eigenvalue weighted by Crippen LogP contribution is -2.51. The zero-order chi connectivity index (χ0) is 29.9. The number of benzene rings is 1. The Hall–Kier alpha value is -3.89. The Balaban J connectivity index is 1.26. The minimum Gasteiger partial charge on any atom is -0.480 e. The van der Waals surface area contributed by atoms with E-state index in [4.69, 9.17) is 4.42 Å². The molecule has 1 aromatic carbocycles. The van der Waals surface area contributed by atoms with E-state index in [1.807, 2.05) is 18.2 Å². The van der Waals surface area contributed by atoms with Crippen LogP contribution < -0.4 is 21.3 Å². The molecule has 2 aliphatic carbocycles. The standard InChI is InChI=1S/C31H42N4O7/c36-27(32-19-28(37)34-24(31(40)41)16-21-11-5-2-6-12-21)18-33-29(38)23(15-20-9-3-1-4-10-20)35-30(39)26-17-22-13-7-8-14-25(22)42-26/h7-8,13-14,17,20-21,23-24H,1-6,9-12,15-16,18-19H2,(H,32,36)(H,33,38)(H,34,37)(H,35,39)(H,40,41)/t23-,24-/m0/s1. The number of fused-ring (bicyclic) bond motifs is 1. The molecule has 0 aliphatic heterocycles. The van der Waals surface area contributed by atoms with Crippen molar-refractivity contribution in [2.24, 2.45) is 11.8 Å². The van der Waals surface area contributed by atoms with Gasteiger partial charge in [-0.3, -0.25) is 19.2 Å². The number of aliphatic carboxylic acids is 1. The van der Waals surface area contributed by atoms with Crippen molar-refractivity contribution in [2.75, 3.05) is 13.1 Å². The van der Waals surface area contributed by atoms with Gasteiger partial charge in [-0.15, -0.1) is 0 Å². The van der Waals surface area contributed by atoms with Gasteiger partial charge >= 0.3 is 5.97 Å². The first kappa shape index (κ1) is 31.1. The van der Waals surface area contributed by atoms with E-state index in [2.05, 4.69) is 21.3 Å². The fraction of sp³-hybridized carbons (Fsp3) is 0.581. The van der Waals surface area contributed by atoms with Crippen molar-refractivity contribution in [3.05, 3.63) is 36.1 Å². The van der Waals surface area contributed by atoms with E-state index < -0.39 is 54.8 Å². The number of para-hydroxylation sites is 1. The molecule has 0 radical (unpaired) electrons. The average molecular weight is 583 g/mol. The first-order valence-corrected chi connectivity index (χ1v) is 15.1. The maximum Gasteiger partial charge on any atom is 0.326 e. The Morgan fingerprint density at radius 1 is 0.762 bits per heavy atom. The summed E-state index contributed by atoms with van der Waals surface area (Å²) in [4.78, 5) is 62.6. The van der Waals surface area contributed by atoms with E-state index in [1.165, 1.54) is 0 Å². The molecule has 4 rings (SSSR count). The number of rotatable bonds is 13. The Morgan fingerprint density at radius 3 is 1.98 bits per heavy atom. The predicted octanol–water partition coefficient (Wildman–Crippen LogP) is 3.27. The monoisotopic (exact) mass is 582 g/mol. The van der Waals surface area contributed by atoms with Crippen LogP contribution in [0.3, 0.4) is 0 Å². The van der Waals surface area contributed by atoms with E-state index >= 15 is 0 Å². The normalized spacial score (nSPS) is 17.6. The maximum atomic E-state index is 13.1. The number of carboxylic acids is 1. The number of carboxylic acid groups (broad SMARTS) is 1. The molecule has 1 aromatic heterocycles. The van der Waals surface area contributed by atoms with Crippen molar-refractivity contribution in [2.45, 2.75) is 89.1 Å². The minimum atomic E-state index is -1.10. The van der Waals surface area contributed by atoms with Crippen LogP contribution >= 0.6 is 0 Å². The van der Waals surface area contributed by atoms with Gasteiger partial charge in [0, 0.05) is 5.39 Å². The summed E-state index contributed by atoms with van der Waals surface area (Å²) < 4.78 is 5.66. The summed E-state index contributed by atoms with van der Waals surface area (Å²) in [5.41, 5.74) is 0.570. The number of hydrogen-bond donors (Lipinski definition) is 5.